The van der Waals surface area contributed by atoms with Crippen molar-refractivity contribution in [2.45, 2.75) is 38.0 Å². The summed E-state index contributed by atoms with van der Waals surface area (Å²) in [5.41, 5.74) is 3.50. The summed E-state index contributed by atoms with van der Waals surface area (Å²) in [5, 5.41) is 0. The Balaban J connectivity index is 2.18. The van der Waals surface area contributed by atoms with E-state index < -0.39 is 0 Å². The van der Waals surface area contributed by atoms with Gasteiger partial charge in [0.2, 0.25) is 0 Å². The number of hydrogen-bond acceptors (Lipinski definition) is 0. The van der Waals surface area contributed by atoms with E-state index in [0.29, 0.717) is 11.3 Å². The molecule has 0 amide bonds. The van der Waals surface area contributed by atoms with Gasteiger partial charge in [-0.1, -0.05) is 26.0 Å². The molecule has 3 rings (SSSR count). The average Bonchev–Trinajstić information content (AvgIpc) is 2.49. The Morgan fingerprint density at radius 2 is 2.00 bits per heavy atom. The maximum atomic E-state index is 2.53. The van der Waals surface area contributed by atoms with E-state index in [2.05, 4.69) is 83.3 Å². The van der Waals surface area contributed by atoms with E-state index in [4.69, 9.17) is 0 Å². The zero-order valence-electron chi connectivity index (χ0n) is 10.1. The molecule has 0 aliphatic heterocycles. The summed E-state index contributed by atoms with van der Waals surface area (Å²) in [4.78, 5) is 0. The number of allylic oxidation sites excluding steroid dienone is 2. The molecule has 0 bridgehead atoms. The van der Waals surface area contributed by atoms with Crippen molar-refractivity contribution >= 4 is 45.2 Å². The van der Waals surface area contributed by atoms with Gasteiger partial charge >= 0.3 is 0 Å². The van der Waals surface area contributed by atoms with E-state index in [1.54, 1.807) is 14.7 Å². The predicted octanol–water partition coefficient (Wildman–Crippen LogP) is 5.39. The third-order valence-electron chi connectivity index (χ3n) is 4.43. The smallest absolute Gasteiger partial charge is 0.0133 e. The fourth-order valence-electron chi connectivity index (χ4n) is 3.52. The van der Waals surface area contributed by atoms with Crippen molar-refractivity contribution in [3.8, 4) is 0 Å². The molecule has 1 aromatic rings. The Hall–Kier alpha value is 0.420. The molecule has 2 aliphatic rings. The molecule has 90 valence electrons. The molecule has 0 radical (unpaired) electrons. The molecule has 0 spiro atoms. The molecule has 2 aliphatic carbocycles. The normalized spacial score (nSPS) is 29.5. The van der Waals surface area contributed by atoms with Crippen LogP contribution in [0.2, 0.25) is 0 Å². The summed E-state index contributed by atoms with van der Waals surface area (Å²) < 4.78 is 2.92. The van der Waals surface area contributed by atoms with E-state index in [-0.39, 0.29) is 0 Å². The maximum absolute atomic E-state index is 2.53. The third-order valence-corrected chi connectivity index (χ3v) is 6.00. The first-order valence-corrected chi connectivity index (χ1v) is 8.32. The summed E-state index contributed by atoms with van der Waals surface area (Å²) in [5.74, 6) is 1.46. The molecule has 0 N–H and O–H groups in total. The van der Waals surface area contributed by atoms with E-state index in [9.17, 15) is 0 Å². The van der Waals surface area contributed by atoms with Crippen molar-refractivity contribution in [2.24, 2.45) is 5.92 Å². The number of benzene rings is 1. The van der Waals surface area contributed by atoms with E-state index in [0.717, 1.165) is 5.92 Å². The first-order valence-electron chi connectivity index (χ1n) is 6.16. The highest BCUT2D eigenvalue weighted by Gasteiger charge is 2.46. The second-order valence-electron chi connectivity index (χ2n) is 5.74. The van der Waals surface area contributed by atoms with E-state index in [1.165, 1.54) is 16.4 Å². The largest absolute Gasteiger partial charge is 0.0706 e. The quantitative estimate of drug-likeness (QED) is 0.465. The van der Waals surface area contributed by atoms with Crippen LogP contribution in [0.1, 0.15) is 43.7 Å². The Morgan fingerprint density at radius 3 is 2.76 bits per heavy atom. The van der Waals surface area contributed by atoms with Crippen molar-refractivity contribution < 1.29 is 0 Å². The molecular weight excluding hydrogens is 434 g/mol. The molecular formula is C15H16I2. The van der Waals surface area contributed by atoms with Crippen molar-refractivity contribution in [3.05, 3.63) is 42.6 Å². The van der Waals surface area contributed by atoms with Crippen molar-refractivity contribution in [1.82, 2.24) is 0 Å². The molecule has 0 aromatic heterocycles. The summed E-state index contributed by atoms with van der Waals surface area (Å²) in [6, 6.07) is 7.03. The van der Waals surface area contributed by atoms with Crippen molar-refractivity contribution in [2.75, 3.05) is 0 Å². The molecule has 0 heterocycles. The van der Waals surface area contributed by atoms with Gasteiger partial charge in [0, 0.05) is 3.57 Å². The molecule has 0 saturated carbocycles. The second-order valence-corrected chi connectivity index (χ2v) is 8.37. The highest BCUT2D eigenvalue weighted by molar-refractivity contribution is 14.1. The van der Waals surface area contributed by atoms with Gasteiger partial charge in [-0.25, -0.2) is 0 Å². The zero-order chi connectivity index (χ0) is 12.2. The average molecular weight is 450 g/mol. The van der Waals surface area contributed by atoms with Crippen LogP contribution in [-0.4, -0.2) is 0 Å². The lowest BCUT2D eigenvalue weighted by molar-refractivity contribution is 0.347. The Labute approximate surface area is 131 Å². The summed E-state index contributed by atoms with van der Waals surface area (Å²) in [6.07, 6.45) is 5.13. The van der Waals surface area contributed by atoms with Crippen LogP contribution in [0.5, 0.6) is 0 Å². The van der Waals surface area contributed by atoms with E-state index >= 15 is 0 Å². The minimum Gasteiger partial charge on any atom is -0.0706 e. The van der Waals surface area contributed by atoms with Crippen LogP contribution in [0.3, 0.4) is 0 Å². The molecule has 2 unspecified atom stereocenters. The van der Waals surface area contributed by atoms with Crippen LogP contribution in [0.15, 0.2) is 27.9 Å². The van der Waals surface area contributed by atoms with Gasteiger partial charge in [-0.2, -0.15) is 0 Å². The van der Waals surface area contributed by atoms with Crippen LogP contribution in [0.25, 0.3) is 0 Å². The molecule has 0 saturated heterocycles. The molecule has 17 heavy (non-hydrogen) atoms. The SMILES string of the molecule is CC1(C)c2cc(I)ccc2C2CCC(I)=CC21. The lowest BCUT2D eigenvalue weighted by Gasteiger charge is -2.32. The van der Waals surface area contributed by atoms with Crippen LogP contribution in [0.4, 0.5) is 0 Å². The number of rotatable bonds is 0. The highest BCUT2D eigenvalue weighted by atomic mass is 127. The fraction of sp³-hybridized carbons (Fsp3) is 0.467. The Morgan fingerprint density at radius 1 is 1.24 bits per heavy atom. The molecule has 0 nitrogen and oxygen atoms in total. The highest BCUT2D eigenvalue weighted by Crippen LogP contribution is 2.55. The molecule has 0 fully saturated rings. The van der Waals surface area contributed by atoms with Crippen LogP contribution < -0.4 is 0 Å². The monoisotopic (exact) mass is 450 g/mol. The topological polar surface area (TPSA) is 0 Å². The number of hydrogen-bond donors (Lipinski definition) is 0. The first-order chi connectivity index (χ1) is 8.00. The van der Waals surface area contributed by atoms with Gasteiger partial charge in [-0.15, -0.1) is 0 Å². The summed E-state index contributed by atoms with van der Waals surface area (Å²) in [6.45, 7) is 4.83. The zero-order valence-corrected chi connectivity index (χ0v) is 14.4. The lowest BCUT2D eigenvalue weighted by atomic mass is 9.73. The van der Waals surface area contributed by atoms with E-state index in [1.807, 2.05) is 0 Å². The third kappa shape index (κ3) is 1.90. The number of fused-ring (bicyclic) bond motifs is 3. The van der Waals surface area contributed by atoms with Crippen LogP contribution in [-0.2, 0) is 5.41 Å². The van der Waals surface area contributed by atoms with Crippen LogP contribution >= 0.6 is 45.2 Å². The fourth-order valence-corrected chi connectivity index (χ4v) is 4.71. The van der Waals surface area contributed by atoms with Gasteiger partial charge < -0.3 is 0 Å². The first kappa shape index (κ1) is 12.5. The van der Waals surface area contributed by atoms with Gasteiger partial charge in [0.15, 0.2) is 0 Å². The molecule has 1 aromatic carbocycles. The van der Waals surface area contributed by atoms with Gasteiger partial charge in [0.1, 0.15) is 0 Å². The lowest BCUT2D eigenvalue weighted by Crippen LogP contribution is -2.26. The summed E-state index contributed by atoms with van der Waals surface area (Å²) in [7, 11) is 0. The Kier molecular flexibility index (Phi) is 3.09. The minimum atomic E-state index is 0.304. The van der Waals surface area contributed by atoms with Gasteiger partial charge in [0.05, 0.1) is 0 Å². The van der Waals surface area contributed by atoms with Gasteiger partial charge in [0.25, 0.3) is 0 Å². The van der Waals surface area contributed by atoms with Gasteiger partial charge in [-0.05, 0) is 102 Å². The standard InChI is InChI=1S/C15H16I2/c1-15(2)13-7-9(16)3-5-11(13)12-6-4-10(17)8-14(12)15/h3,5,7-8,12,14H,4,6H2,1-2H3. The minimum absolute atomic E-state index is 0.304. The Bertz CT molecular complexity index is 500. The molecule has 2 heteroatoms. The number of halogens is 2. The van der Waals surface area contributed by atoms with Gasteiger partial charge in [-0.3, -0.25) is 0 Å². The molecule has 2 atom stereocenters. The van der Waals surface area contributed by atoms with Crippen molar-refractivity contribution in [3.63, 3.8) is 0 Å². The summed E-state index contributed by atoms with van der Waals surface area (Å²) >= 11 is 4.95. The predicted molar refractivity (Wildman–Crippen MR) is 89.8 cm³/mol. The second kappa shape index (κ2) is 4.22. The maximum Gasteiger partial charge on any atom is 0.0133 e. The van der Waals surface area contributed by atoms with Crippen LogP contribution in [0, 0.1) is 9.49 Å². The van der Waals surface area contributed by atoms with Crippen molar-refractivity contribution in [1.29, 1.82) is 0 Å².